The van der Waals surface area contributed by atoms with Crippen LogP contribution in [-0.2, 0) is 5.41 Å². The molecule has 1 aromatic heterocycles. The smallest absolute Gasteiger partial charge is 0.405 e. The SMILES string of the molecule is CCN(C(=O)c1c(Oc2cncnc2N2CC(NC(=O)O)C2)ccc(F)c1C(C)(C)C)C(C)C. The van der Waals surface area contributed by atoms with E-state index in [-0.39, 0.29) is 34.9 Å². The van der Waals surface area contributed by atoms with Crippen LogP contribution in [0.5, 0.6) is 11.5 Å². The number of carboxylic acid groups (broad SMARTS) is 1. The molecule has 0 spiro atoms. The second kappa shape index (κ2) is 9.82. The summed E-state index contributed by atoms with van der Waals surface area (Å²) in [6.45, 7) is 12.5. The average Bonchev–Trinajstić information content (AvgIpc) is 2.71. The largest absolute Gasteiger partial charge is 0.465 e. The van der Waals surface area contributed by atoms with Crippen molar-refractivity contribution < 1.29 is 23.8 Å². The highest BCUT2D eigenvalue weighted by Gasteiger charge is 2.34. The third-order valence-electron chi connectivity index (χ3n) is 5.69. The van der Waals surface area contributed by atoms with Gasteiger partial charge in [0.05, 0.1) is 17.8 Å². The molecule has 0 atom stereocenters. The van der Waals surface area contributed by atoms with Gasteiger partial charge < -0.3 is 25.0 Å². The van der Waals surface area contributed by atoms with Crippen LogP contribution in [0.2, 0.25) is 0 Å². The summed E-state index contributed by atoms with van der Waals surface area (Å²) in [4.78, 5) is 36.4. The van der Waals surface area contributed by atoms with Gasteiger partial charge in [-0.05, 0) is 38.3 Å². The molecule has 0 bridgehead atoms. The molecular formula is C24H32FN5O4. The summed E-state index contributed by atoms with van der Waals surface area (Å²) in [7, 11) is 0. The van der Waals surface area contributed by atoms with Gasteiger partial charge >= 0.3 is 6.09 Å². The van der Waals surface area contributed by atoms with Crippen LogP contribution in [0.25, 0.3) is 0 Å². The molecule has 9 nitrogen and oxygen atoms in total. The quantitative estimate of drug-likeness (QED) is 0.625. The first-order valence-corrected chi connectivity index (χ1v) is 11.3. The van der Waals surface area contributed by atoms with Crippen molar-refractivity contribution in [2.45, 2.75) is 59.0 Å². The predicted octanol–water partition coefficient (Wildman–Crippen LogP) is 4.03. The van der Waals surface area contributed by atoms with Crippen LogP contribution in [0, 0.1) is 5.82 Å². The van der Waals surface area contributed by atoms with Crippen molar-refractivity contribution in [3.8, 4) is 11.5 Å². The number of nitrogens with zero attached hydrogens (tertiary/aromatic N) is 4. The first-order valence-electron chi connectivity index (χ1n) is 11.3. The third-order valence-corrected chi connectivity index (χ3v) is 5.69. The number of hydrogen-bond acceptors (Lipinski definition) is 6. The number of ether oxygens (including phenoxy) is 1. The summed E-state index contributed by atoms with van der Waals surface area (Å²) in [5.74, 6) is 0.189. The van der Waals surface area contributed by atoms with Gasteiger partial charge in [0.2, 0.25) is 0 Å². The summed E-state index contributed by atoms with van der Waals surface area (Å²) in [6.07, 6.45) is 1.77. The van der Waals surface area contributed by atoms with E-state index >= 15 is 4.39 Å². The molecule has 1 aliphatic rings. The van der Waals surface area contributed by atoms with E-state index < -0.39 is 17.3 Å². The molecule has 2 amide bonds. The number of rotatable bonds is 7. The van der Waals surface area contributed by atoms with Gasteiger partial charge in [0.25, 0.3) is 5.91 Å². The minimum Gasteiger partial charge on any atom is -0.465 e. The van der Waals surface area contributed by atoms with E-state index in [0.717, 1.165) is 0 Å². The van der Waals surface area contributed by atoms with Gasteiger partial charge in [-0.15, -0.1) is 0 Å². The van der Waals surface area contributed by atoms with Crippen molar-refractivity contribution in [1.82, 2.24) is 20.2 Å². The van der Waals surface area contributed by atoms with Gasteiger partial charge in [-0.3, -0.25) is 4.79 Å². The lowest BCUT2D eigenvalue weighted by molar-refractivity contribution is 0.0710. The van der Waals surface area contributed by atoms with Gasteiger partial charge in [-0.25, -0.2) is 19.2 Å². The molecule has 184 valence electrons. The van der Waals surface area contributed by atoms with E-state index in [1.807, 2.05) is 46.4 Å². The molecule has 0 radical (unpaired) electrons. The normalized spacial score (nSPS) is 14.1. The molecular weight excluding hydrogens is 441 g/mol. The maximum atomic E-state index is 15.1. The third kappa shape index (κ3) is 5.21. The van der Waals surface area contributed by atoms with E-state index in [9.17, 15) is 9.59 Å². The lowest BCUT2D eigenvalue weighted by Gasteiger charge is -2.40. The molecule has 0 aliphatic carbocycles. The molecule has 1 aliphatic heterocycles. The van der Waals surface area contributed by atoms with E-state index in [0.29, 0.717) is 31.2 Å². The van der Waals surface area contributed by atoms with Crippen LogP contribution in [0.15, 0.2) is 24.7 Å². The molecule has 1 saturated heterocycles. The van der Waals surface area contributed by atoms with Gasteiger partial charge in [-0.2, -0.15) is 0 Å². The molecule has 1 aromatic carbocycles. The van der Waals surface area contributed by atoms with Crippen molar-refractivity contribution in [2.75, 3.05) is 24.5 Å². The topological polar surface area (TPSA) is 108 Å². The number of carbonyl (C=O) groups excluding carboxylic acids is 1. The number of halogens is 1. The fraction of sp³-hybridized carbons (Fsp3) is 0.500. The van der Waals surface area contributed by atoms with E-state index in [2.05, 4.69) is 15.3 Å². The van der Waals surface area contributed by atoms with Gasteiger partial charge in [-0.1, -0.05) is 20.8 Å². The molecule has 34 heavy (non-hydrogen) atoms. The Hall–Kier alpha value is -3.43. The lowest BCUT2D eigenvalue weighted by atomic mass is 9.82. The fourth-order valence-corrected chi connectivity index (χ4v) is 4.13. The number of nitrogens with one attached hydrogen (secondary N) is 1. The van der Waals surface area contributed by atoms with E-state index in [1.54, 1.807) is 4.90 Å². The second-order valence-corrected chi connectivity index (χ2v) is 9.59. The lowest BCUT2D eigenvalue weighted by Crippen LogP contribution is -2.59. The molecule has 2 aromatic rings. The molecule has 2 heterocycles. The van der Waals surface area contributed by atoms with Crippen LogP contribution < -0.4 is 15.0 Å². The molecule has 10 heteroatoms. The predicted molar refractivity (Wildman–Crippen MR) is 126 cm³/mol. The Morgan fingerprint density at radius 1 is 1.29 bits per heavy atom. The summed E-state index contributed by atoms with van der Waals surface area (Å²) in [6, 6.07) is 2.45. The Bertz CT molecular complexity index is 1060. The Kier molecular flexibility index (Phi) is 7.28. The van der Waals surface area contributed by atoms with Crippen LogP contribution in [-0.4, -0.2) is 63.7 Å². The molecule has 2 N–H and O–H groups in total. The number of carbonyl (C=O) groups is 2. The standard InChI is InChI=1S/C24H32FN5O4/c1-7-30(14(2)3)22(31)19-17(9-8-16(25)20(19)24(4,5)6)34-18-10-26-13-27-21(18)29-11-15(12-29)28-23(32)33/h8-10,13-15,28H,7,11-12H2,1-6H3,(H,32,33). The zero-order chi connectivity index (χ0) is 25.2. The second-order valence-electron chi connectivity index (χ2n) is 9.59. The number of anilines is 1. The maximum Gasteiger partial charge on any atom is 0.405 e. The van der Waals surface area contributed by atoms with Crippen LogP contribution in [0.3, 0.4) is 0 Å². The monoisotopic (exact) mass is 473 g/mol. The van der Waals surface area contributed by atoms with Gasteiger partial charge in [0.15, 0.2) is 11.6 Å². The highest BCUT2D eigenvalue weighted by molar-refractivity contribution is 5.99. The van der Waals surface area contributed by atoms with Crippen LogP contribution >= 0.6 is 0 Å². The molecule has 0 unspecified atom stereocenters. The molecule has 1 fully saturated rings. The zero-order valence-corrected chi connectivity index (χ0v) is 20.4. The average molecular weight is 474 g/mol. The Morgan fingerprint density at radius 3 is 2.53 bits per heavy atom. The first kappa shape index (κ1) is 25.2. The minimum atomic E-state index is -1.08. The van der Waals surface area contributed by atoms with Crippen molar-refractivity contribution >= 4 is 17.8 Å². The van der Waals surface area contributed by atoms with Crippen LogP contribution in [0.1, 0.15) is 57.5 Å². The van der Waals surface area contributed by atoms with Crippen LogP contribution in [0.4, 0.5) is 15.0 Å². The highest BCUT2D eigenvalue weighted by Crippen LogP contribution is 2.39. The van der Waals surface area contributed by atoms with Crippen molar-refractivity contribution in [3.63, 3.8) is 0 Å². The summed E-state index contributed by atoms with van der Waals surface area (Å²) in [5.41, 5.74) is -0.206. The van der Waals surface area contributed by atoms with Crippen molar-refractivity contribution in [3.05, 3.63) is 41.6 Å². The first-order chi connectivity index (χ1) is 15.9. The highest BCUT2D eigenvalue weighted by atomic mass is 19.1. The molecule has 3 rings (SSSR count). The van der Waals surface area contributed by atoms with E-state index in [1.165, 1.54) is 24.7 Å². The summed E-state index contributed by atoms with van der Waals surface area (Å²) in [5, 5.41) is 11.3. The number of aromatic nitrogens is 2. The van der Waals surface area contributed by atoms with Gasteiger partial charge in [0.1, 0.15) is 17.9 Å². The van der Waals surface area contributed by atoms with Crippen molar-refractivity contribution in [2.24, 2.45) is 0 Å². The molecule has 0 saturated carbocycles. The minimum absolute atomic E-state index is 0.0863. The van der Waals surface area contributed by atoms with Gasteiger partial charge in [0, 0.05) is 31.2 Å². The number of amides is 2. The number of benzene rings is 1. The Morgan fingerprint density at radius 2 is 1.97 bits per heavy atom. The fourth-order valence-electron chi connectivity index (χ4n) is 4.13. The summed E-state index contributed by atoms with van der Waals surface area (Å²) >= 11 is 0. The Labute approximate surface area is 198 Å². The van der Waals surface area contributed by atoms with Crippen molar-refractivity contribution in [1.29, 1.82) is 0 Å². The summed E-state index contributed by atoms with van der Waals surface area (Å²) < 4.78 is 21.3. The zero-order valence-electron chi connectivity index (χ0n) is 20.4. The number of hydrogen-bond donors (Lipinski definition) is 2. The Balaban J connectivity index is 2.04. The maximum absolute atomic E-state index is 15.1. The van der Waals surface area contributed by atoms with E-state index in [4.69, 9.17) is 9.84 Å².